The number of fused-ring (bicyclic) bond motifs is 2. The maximum Gasteiger partial charge on any atom is 0.306 e. The Morgan fingerprint density at radius 2 is 1.92 bits per heavy atom. The van der Waals surface area contributed by atoms with E-state index < -0.39 is 5.97 Å². The predicted octanol–water partition coefficient (Wildman–Crippen LogP) is 2.14. The Balaban J connectivity index is 1.66. The fourth-order valence-electron chi connectivity index (χ4n) is 3.79. The van der Waals surface area contributed by atoms with Gasteiger partial charge in [0.15, 0.2) is 0 Å². The molecular formula is C11H16O2. The Morgan fingerprint density at radius 1 is 1.08 bits per heavy atom. The lowest BCUT2D eigenvalue weighted by molar-refractivity contribution is -0.139. The van der Waals surface area contributed by atoms with Crippen molar-refractivity contribution in [2.24, 2.45) is 29.6 Å². The highest BCUT2D eigenvalue weighted by Crippen LogP contribution is 2.58. The van der Waals surface area contributed by atoms with Crippen molar-refractivity contribution in [2.75, 3.05) is 0 Å². The maximum absolute atomic E-state index is 10.7. The molecule has 2 bridgehead atoms. The zero-order valence-electron chi connectivity index (χ0n) is 7.78. The van der Waals surface area contributed by atoms with Crippen LogP contribution in [0.1, 0.15) is 32.1 Å². The number of aliphatic carboxylic acids is 1. The van der Waals surface area contributed by atoms with E-state index in [1.165, 1.54) is 25.7 Å². The summed E-state index contributed by atoms with van der Waals surface area (Å²) in [5.74, 6) is 2.70. The first-order valence-corrected chi connectivity index (χ1v) is 5.48. The molecule has 3 fully saturated rings. The molecule has 0 aromatic heterocycles. The highest BCUT2D eigenvalue weighted by Gasteiger charge is 2.54. The molecule has 1 N–H and O–H groups in total. The molecule has 0 radical (unpaired) electrons. The van der Waals surface area contributed by atoms with Gasteiger partial charge >= 0.3 is 5.97 Å². The lowest BCUT2D eigenvalue weighted by atomic mass is 9.84. The number of hydrogen-bond donors (Lipinski definition) is 1. The van der Waals surface area contributed by atoms with Gasteiger partial charge in [-0.15, -0.1) is 0 Å². The van der Waals surface area contributed by atoms with E-state index in [1.807, 2.05) is 0 Å². The van der Waals surface area contributed by atoms with Crippen LogP contribution in [0.5, 0.6) is 0 Å². The molecule has 0 aromatic carbocycles. The summed E-state index contributed by atoms with van der Waals surface area (Å²) in [5.41, 5.74) is 0. The maximum atomic E-state index is 10.7. The highest BCUT2D eigenvalue weighted by atomic mass is 16.4. The van der Waals surface area contributed by atoms with E-state index in [1.54, 1.807) is 0 Å². The molecule has 2 nitrogen and oxygen atoms in total. The van der Waals surface area contributed by atoms with Crippen LogP contribution in [-0.2, 0) is 4.79 Å². The lowest BCUT2D eigenvalue weighted by Crippen LogP contribution is -2.15. The molecule has 0 aromatic rings. The zero-order valence-corrected chi connectivity index (χ0v) is 7.78. The second kappa shape index (κ2) is 2.49. The SMILES string of the molecule is O=C(O)C1CC1C1CC2CCC1C2. The summed E-state index contributed by atoms with van der Waals surface area (Å²) < 4.78 is 0. The minimum absolute atomic E-state index is 0.0318. The standard InChI is InChI=1S/C11H16O2/c12-11(13)10-5-9(10)8-4-6-1-2-7(8)3-6/h6-10H,1-5H2,(H,12,13). The van der Waals surface area contributed by atoms with Crippen LogP contribution < -0.4 is 0 Å². The molecule has 3 saturated carbocycles. The third kappa shape index (κ3) is 1.11. The minimum Gasteiger partial charge on any atom is -0.481 e. The van der Waals surface area contributed by atoms with Crippen molar-refractivity contribution in [1.29, 1.82) is 0 Å². The van der Waals surface area contributed by atoms with Gasteiger partial charge < -0.3 is 5.11 Å². The van der Waals surface area contributed by atoms with Gasteiger partial charge in [0, 0.05) is 0 Å². The summed E-state index contributed by atoms with van der Waals surface area (Å²) in [4.78, 5) is 10.7. The fraction of sp³-hybridized carbons (Fsp3) is 0.909. The molecule has 72 valence electrons. The zero-order chi connectivity index (χ0) is 9.00. The smallest absolute Gasteiger partial charge is 0.306 e. The first-order valence-electron chi connectivity index (χ1n) is 5.48. The van der Waals surface area contributed by atoms with E-state index in [0.29, 0.717) is 5.92 Å². The van der Waals surface area contributed by atoms with E-state index >= 15 is 0 Å². The van der Waals surface area contributed by atoms with E-state index in [-0.39, 0.29) is 5.92 Å². The number of hydrogen-bond acceptors (Lipinski definition) is 1. The highest BCUT2D eigenvalue weighted by molar-refractivity contribution is 5.73. The van der Waals surface area contributed by atoms with Crippen LogP contribution in [0, 0.1) is 29.6 Å². The summed E-state index contributed by atoms with van der Waals surface area (Å²) >= 11 is 0. The molecule has 0 aliphatic heterocycles. The molecule has 2 heteroatoms. The van der Waals surface area contributed by atoms with Gasteiger partial charge in [-0.25, -0.2) is 0 Å². The molecule has 5 unspecified atom stereocenters. The molecule has 13 heavy (non-hydrogen) atoms. The molecular weight excluding hydrogens is 164 g/mol. The van der Waals surface area contributed by atoms with Gasteiger partial charge in [0.05, 0.1) is 5.92 Å². The summed E-state index contributed by atoms with van der Waals surface area (Å²) in [6.07, 6.45) is 6.54. The molecule has 0 spiro atoms. The third-order valence-corrected chi connectivity index (χ3v) is 4.50. The quantitative estimate of drug-likeness (QED) is 0.707. The first-order chi connectivity index (χ1) is 6.25. The Morgan fingerprint density at radius 3 is 2.38 bits per heavy atom. The van der Waals surface area contributed by atoms with Gasteiger partial charge in [-0.1, -0.05) is 6.42 Å². The molecule has 5 atom stereocenters. The summed E-state index contributed by atoms with van der Waals surface area (Å²) in [6.45, 7) is 0. The Hall–Kier alpha value is -0.530. The summed E-state index contributed by atoms with van der Waals surface area (Å²) in [5, 5.41) is 8.85. The van der Waals surface area contributed by atoms with Crippen molar-refractivity contribution in [3.05, 3.63) is 0 Å². The van der Waals surface area contributed by atoms with Crippen molar-refractivity contribution in [2.45, 2.75) is 32.1 Å². The number of carboxylic acids is 1. The van der Waals surface area contributed by atoms with Gasteiger partial charge in [0.25, 0.3) is 0 Å². The molecule has 3 aliphatic rings. The molecule has 3 aliphatic carbocycles. The van der Waals surface area contributed by atoms with Gasteiger partial charge in [-0.05, 0) is 49.4 Å². The fourth-order valence-corrected chi connectivity index (χ4v) is 3.79. The Bertz CT molecular complexity index is 248. The topological polar surface area (TPSA) is 37.3 Å². The average Bonchev–Trinajstić information content (AvgIpc) is 2.64. The van der Waals surface area contributed by atoms with Crippen LogP contribution in [0.4, 0.5) is 0 Å². The minimum atomic E-state index is -0.548. The van der Waals surface area contributed by atoms with Crippen LogP contribution in [0.2, 0.25) is 0 Å². The number of carbonyl (C=O) groups is 1. The monoisotopic (exact) mass is 180 g/mol. The van der Waals surface area contributed by atoms with Gasteiger partial charge in [-0.2, -0.15) is 0 Å². The van der Waals surface area contributed by atoms with Crippen LogP contribution in [0.25, 0.3) is 0 Å². The molecule has 0 amide bonds. The van der Waals surface area contributed by atoms with Crippen molar-refractivity contribution < 1.29 is 9.90 Å². The van der Waals surface area contributed by atoms with Crippen LogP contribution in [0.15, 0.2) is 0 Å². The van der Waals surface area contributed by atoms with Gasteiger partial charge in [0.2, 0.25) is 0 Å². The van der Waals surface area contributed by atoms with Crippen LogP contribution in [0.3, 0.4) is 0 Å². The van der Waals surface area contributed by atoms with Crippen molar-refractivity contribution >= 4 is 5.97 Å². The van der Waals surface area contributed by atoms with Crippen molar-refractivity contribution in [3.63, 3.8) is 0 Å². The number of rotatable bonds is 2. The average molecular weight is 180 g/mol. The van der Waals surface area contributed by atoms with E-state index in [9.17, 15) is 4.79 Å². The lowest BCUT2D eigenvalue weighted by Gasteiger charge is -2.21. The normalized spacial score (nSPS) is 52.5. The number of carboxylic acid groups (broad SMARTS) is 1. The van der Waals surface area contributed by atoms with E-state index in [0.717, 1.165) is 24.2 Å². The summed E-state index contributed by atoms with van der Waals surface area (Å²) in [6, 6.07) is 0. The van der Waals surface area contributed by atoms with Crippen LogP contribution in [-0.4, -0.2) is 11.1 Å². The van der Waals surface area contributed by atoms with Crippen LogP contribution >= 0.6 is 0 Å². The second-order valence-electron chi connectivity index (χ2n) is 5.18. The van der Waals surface area contributed by atoms with Crippen molar-refractivity contribution in [3.8, 4) is 0 Å². The van der Waals surface area contributed by atoms with Gasteiger partial charge in [0.1, 0.15) is 0 Å². The third-order valence-electron chi connectivity index (χ3n) is 4.50. The molecule has 0 heterocycles. The van der Waals surface area contributed by atoms with E-state index in [2.05, 4.69) is 0 Å². The van der Waals surface area contributed by atoms with E-state index in [4.69, 9.17) is 5.11 Å². The Kier molecular flexibility index (Phi) is 1.50. The largest absolute Gasteiger partial charge is 0.481 e. The summed E-state index contributed by atoms with van der Waals surface area (Å²) in [7, 11) is 0. The second-order valence-corrected chi connectivity index (χ2v) is 5.18. The molecule has 3 rings (SSSR count). The van der Waals surface area contributed by atoms with Gasteiger partial charge in [-0.3, -0.25) is 4.79 Å². The first kappa shape index (κ1) is 7.84. The molecule has 0 saturated heterocycles. The predicted molar refractivity (Wildman–Crippen MR) is 48.2 cm³/mol. The Labute approximate surface area is 78.3 Å². The van der Waals surface area contributed by atoms with Crippen molar-refractivity contribution in [1.82, 2.24) is 0 Å².